The molecular formula is C29H27N3O. The summed E-state index contributed by atoms with van der Waals surface area (Å²) in [6.07, 6.45) is 0. The second-order valence-corrected chi connectivity index (χ2v) is 9.33. The van der Waals surface area contributed by atoms with E-state index in [4.69, 9.17) is 20.9 Å². The van der Waals surface area contributed by atoms with Crippen LogP contribution in [0.3, 0.4) is 0 Å². The highest BCUT2D eigenvalue weighted by Crippen LogP contribution is 2.46. The molecule has 0 aliphatic heterocycles. The van der Waals surface area contributed by atoms with Gasteiger partial charge in [0.05, 0.1) is 22.5 Å². The number of hydrogen-bond acceptors (Lipinski definition) is 4. The minimum atomic E-state index is 0.0661. The van der Waals surface area contributed by atoms with E-state index in [2.05, 4.69) is 32.9 Å². The molecule has 0 saturated carbocycles. The van der Waals surface area contributed by atoms with Crippen molar-refractivity contribution in [2.75, 3.05) is 11.5 Å². The number of nitrogen functional groups attached to an aromatic ring is 2. The zero-order valence-corrected chi connectivity index (χ0v) is 19.1. The Balaban J connectivity index is 1.76. The third kappa shape index (κ3) is 3.64. The fourth-order valence-corrected chi connectivity index (χ4v) is 4.19. The molecule has 4 nitrogen and oxygen atoms in total. The molecule has 4 heteroatoms. The van der Waals surface area contributed by atoms with Crippen LogP contribution < -0.4 is 11.5 Å². The van der Waals surface area contributed by atoms with E-state index in [0.717, 1.165) is 33.4 Å². The fourth-order valence-electron chi connectivity index (χ4n) is 4.19. The average molecular weight is 434 g/mol. The first-order valence-corrected chi connectivity index (χ1v) is 11.1. The van der Waals surface area contributed by atoms with E-state index in [0.29, 0.717) is 22.8 Å². The maximum Gasteiger partial charge on any atom is 0.230 e. The van der Waals surface area contributed by atoms with Crippen molar-refractivity contribution in [2.24, 2.45) is 0 Å². The summed E-state index contributed by atoms with van der Waals surface area (Å²) < 4.78 is 6.37. The number of aromatic nitrogens is 1. The van der Waals surface area contributed by atoms with E-state index >= 15 is 0 Å². The quantitative estimate of drug-likeness (QED) is 0.313. The first kappa shape index (κ1) is 20.8. The standard InChI is InChI=1S/C29H27N3O/c1-29(2,3)21-16-14-19(15-17-21)26-25(31)24(30)23-22(18-10-6-4-7-11-18)27(33-28(23)32-26)20-12-8-5-9-13-20/h4-17H,31H2,1-3H3,(H2,30,32). The maximum absolute atomic E-state index is 6.66. The smallest absolute Gasteiger partial charge is 0.230 e. The second kappa shape index (κ2) is 7.82. The normalized spacial score (nSPS) is 11.7. The lowest BCUT2D eigenvalue weighted by molar-refractivity contribution is 0.590. The van der Waals surface area contributed by atoms with Crippen LogP contribution in [-0.2, 0) is 5.41 Å². The first-order valence-electron chi connectivity index (χ1n) is 11.1. The Hall–Kier alpha value is -4.05. The number of rotatable bonds is 3. The molecule has 2 aromatic heterocycles. The third-order valence-corrected chi connectivity index (χ3v) is 6.04. The van der Waals surface area contributed by atoms with E-state index in [9.17, 15) is 0 Å². The molecule has 0 spiro atoms. The molecule has 5 rings (SSSR count). The number of pyridine rings is 1. The minimum absolute atomic E-state index is 0.0661. The summed E-state index contributed by atoms with van der Waals surface area (Å²) in [5.41, 5.74) is 20.4. The van der Waals surface area contributed by atoms with Gasteiger partial charge in [-0.3, -0.25) is 0 Å². The number of nitrogens with two attached hydrogens (primary N) is 2. The highest BCUT2D eigenvalue weighted by atomic mass is 16.3. The van der Waals surface area contributed by atoms with Gasteiger partial charge in [0.25, 0.3) is 0 Å². The van der Waals surface area contributed by atoms with Crippen molar-refractivity contribution in [3.8, 4) is 33.7 Å². The molecule has 2 heterocycles. The number of nitrogens with zero attached hydrogens (tertiary/aromatic N) is 1. The molecule has 0 fully saturated rings. The van der Waals surface area contributed by atoms with Crippen LogP contribution in [0.4, 0.5) is 11.4 Å². The molecule has 33 heavy (non-hydrogen) atoms. The summed E-state index contributed by atoms with van der Waals surface area (Å²) in [6.45, 7) is 6.58. The molecule has 164 valence electrons. The van der Waals surface area contributed by atoms with Crippen LogP contribution in [0.5, 0.6) is 0 Å². The van der Waals surface area contributed by atoms with Crippen LogP contribution in [0.2, 0.25) is 0 Å². The lowest BCUT2D eigenvalue weighted by Crippen LogP contribution is -2.10. The average Bonchev–Trinajstić information content (AvgIpc) is 3.22. The second-order valence-electron chi connectivity index (χ2n) is 9.33. The van der Waals surface area contributed by atoms with Crippen LogP contribution in [-0.4, -0.2) is 4.98 Å². The molecule has 0 unspecified atom stereocenters. The number of fused-ring (bicyclic) bond motifs is 1. The zero-order valence-electron chi connectivity index (χ0n) is 19.1. The molecule has 5 aromatic rings. The van der Waals surface area contributed by atoms with E-state index < -0.39 is 0 Å². The van der Waals surface area contributed by atoms with Crippen molar-refractivity contribution >= 4 is 22.5 Å². The van der Waals surface area contributed by atoms with Crippen LogP contribution in [0, 0.1) is 0 Å². The monoisotopic (exact) mass is 433 g/mol. The fraction of sp³-hybridized carbons (Fsp3) is 0.138. The van der Waals surface area contributed by atoms with Gasteiger partial charge in [0.1, 0.15) is 5.76 Å². The summed E-state index contributed by atoms with van der Waals surface area (Å²) in [5, 5.41) is 0.743. The molecule has 0 amide bonds. The summed E-state index contributed by atoms with van der Waals surface area (Å²) >= 11 is 0. The Kier molecular flexibility index (Phi) is 4.94. The topological polar surface area (TPSA) is 78.1 Å². The van der Waals surface area contributed by atoms with E-state index in [-0.39, 0.29) is 5.41 Å². The van der Waals surface area contributed by atoms with Crippen LogP contribution >= 0.6 is 0 Å². The third-order valence-electron chi connectivity index (χ3n) is 6.04. The highest BCUT2D eigenvalue weighted by Gasteiger charge is 2.24. The summed E-state index contributed by atoms with van der Waals surface area (Å²) in [5.74, 6) is 0.732. The van der Waals surface area contributed by atoms with Gasteiger partial charge < -0.3 is 15.9 Å². The van der Waals surface area contributed by atoms with Gasteiger partial charge in [-0.2, -0.15) is 0 Å². The van der Waals surface area contributed by atoms with Crippen molar-refractivity contribution in [3.63, 3.8) is 0 Å². The molecule has 0 atom stereocenters. The Morgan fingerprint density at radius 3 is 1.82 bits per heavy atom. The minimum Gasteiger partial charge on any atom is -0.437 e. The first-order chi connectivity index (χ1) is 15.8. The Morgan fingerprint density at radius 1 is 0.667 bits per heavy atom. The molecule has 4 N–H and O–H groups in total. The Morgan fingerprint density at radius 2 is 1.24 bits per heavy atom. The number of hydrogen-bond donors (Lipinski definition) is 2. The summed E-state index contributed by atoms with van der Waals surface area (Å²) in [7, 11) is 0. The summed E-state index contributed by atoms with van der Waals surface area (Å²) in [4.78, 5) is 4.86. The lowest BCUT2D eigenvalue weighted by atomic mass is 9.86. The maximum atomic E-state index is 6.66. The van der Waals surface area contributed by atoms with Gasteiger partial charge in [-0.15, -0.1) is 0 Å². The van der Waals surface area contributed by atoms with Gasteiger partial charge in [0.15, 0.2) is 0 Å². The van der Waals surface area contributed by atoms with Gasteiger partial charge in [0, 0.05) is 16.7 Å². The highest BCUT2D eigenvalue weighted by molar-refractivity contribution is 6.11. The molecule has 0 radical (unpaired) electrons. The van der Waals surface area contributed by atoms with Crippen LogP contribution in [0.25, 0.3) is 44.8 Å². The van der Waals surface area contributed by atoms with Gasteiger partial charge in [-0.1, -0.05) is 106 Å². The zero-order chi connectivity index (χ0) is 23.2. The van der Waals surface area contributed by atoms with Crippen molar-refractivity contribution < 1.29 is 4.42 Å². The van der Waals surface area contributed by atoms with Gasteiger partial charge in [0.2, 0.25) is 5.71 Å². The number of furan rings is 1. The van der Waals surface area contributed by atoms with Gasteiger partial charge in [-0.25, -0.2) is 4.98 Å². The predicted octanol–water partition coefficient (Wildman–Crippen LogP) is 7.29. The SMILES string of the molecule is CC(C)(C)c1ccc(-c2nc3oc(-c4ccccc4)c(-c4ccccc4)c3c(N)c2N)cc1. The van der Waals surface area contributed by atoms with Crippen molar-refractivity contribution in [3.05, 3.63) is 90.5 Å². The number of anilines is 2. The van der Waals surface area contributed by atoms with E-state index in [1.165, 1.54) is 5.56 Å². The summed E-state index contributed by atoms with van der Waals surface area (Å²) in [6, 6.07) is 28.4. The molecular weight excluding hydrogens is 406 g/mol. The van der Waals surface area contributed by atoms with Gasteiger partial charge >= 0.3 is 0 Å². The van der Waals surface area contributed by atoms with Crippen molar-refractivity contribution in [2.45, 2.75) is 26.2 Å². The molecule has 0 saturated heterocycles. The van der Waals surface area contributed by atoms with E-state index in [1.54, 1.807) is 0 Å². The molecule has 0 aliphatic carbocycles. The largest absolute Gasteiger partial charge is 0.437 e. The van der Waals surface area contributed by atoms with E-state index in [1.807, 2.05) is 72.8 Å². The Labute approximate surface area is 193 Å². The van der Waals surface area contributed by atoms with Crippen LogP contribution in [0.1, 0.15) is 26.3 Å². The predicted molar refractivity (Wildman–Crippen MR) is 138 cm³/mol. The molecule has 3 aromatic carbocycles. The molecule has 0 aliphatic rings. The Bertz CT molecular complexity index is 1430. The molecule has 0 bridgehead atoms. The van der Waals surface area contributed by atoms with Gasteiger partial charge in [-0.05, 0) is 16.5 Å². The van der Waals surface area contributed by atoms with Crippen LogP contribution in [0.15, 0.2) is 89.3 Å². The van der Waals surface area contributed by atoms with Crippen molar-refractivity contribution in [1.82, 2.24) is 4.98 Å². The lowest BCUT2D eigenvalue weighted by Gasteiger charge is -2.19. The number of benzene rings is 3. The van der Waals surface area contributed by atoms with Crippen molar-refractivity contribution in [1.29, 1.82) is 0 Å².